The first-order chi connectivity index (χ1) is 20.9. The third-order valence-electron chi connectivity index (χ3n) is 8.30. The highest BCUT2D eigenvalue weighted by molar-refractivity contribution is 7.79. The first-order valence-electron chi connectivity index (χ1n) is 16.0. The zero-order valence-corrected chi connectivity index (χ0v) is 27.0. The standard InChI is InChI=1S/C37H47O5P/c1-5-8-9-10-11-12-13-14-15-24-40-30-17-19-31(20-18-30)42-37(38)29-16-22-33-34-23-21-32(41-27-28(4)6-2)26-36(34)43(39,7-3)35(33)25-29/h5,16-23,25-26,28H,1,6-15,24,27H2,2-4H3/t28-,43+/m0/s1. The van der Waals surface area contributed by atoms with Gasteiger partial charge in [-0.1, -0.05) is 71.4 Å². The van der Waals surface area contributed by atoms with E-state index in [0.717, 1.165) is 52.5 Å². The normalized spacial score (nSPS) is 15.8. The molecule has 0 amide bonds. The second kappa shape index (κ2) is 16.0. The van der Waals surface area contributed by atoms with Gasteiger partial charge in [-0.2, -0.15) is 0 Å². The molecule has 0 fully saturated rings. The van der Waals surface area contributed by atoms with Crippen molar-refractivity contribution >= 4 is 23.7 Å². The molecule has 0 spiro atoms. The molecule has 0 aliphatic carbocycles. The number of esters is 1. The third kappa shape index (κ3) is 8.42. The molecule has 0 radical (unpaired) electrons. The van der Waals surface area contributed by atoms with Gasteiger partial charge in [-0.05, 0) is 90.9 Å². The summed E-state index contributed by atoms with van der Waals surface area (Å²) in [5, 5.41) is 1.53. The maximum Gasteiger partial charge on any atom is 0.343 e. The average Bonchev–Trinajstić information content (AvgIpc) is 3.28. The van der Waals surface area contributed by atoms with Crippen molar-refractivity contribution in [3.63, 3.8) is 0 Å². The van der Waals surface area contributed by atoms with Gasteiger partial charge in [-0.25, -0.2) is 4.79 Å². The van der Waals surface area contributed by atoms with E-state index >= 15 is 0 Å². The van der Waals surface area contributed by atoms with Crippen LogP contribution in [0.15, 0.2) is 73.3 Å². The summed E-state index contributed by atoms with van der Waals surface area (Å²) >= 11 is 0. The van der Waals surface area contributed by atoms with Crippen LogP contribution in [0, 0.1) is 5.92 Å². The number of fused-ring (bicyclic) bond motifs is 3. The summed E-state index contributed by atoms with van der Waals surface area (Å²) in [4.78, 5) is 13.1. The Morgan fingerprint density at radius 3 is 2.07 bits per heavy atom. The van der Waals surface area contributed by atoms with Gasteiger partial charge in [0.1, 0.15) is 24.4 Å². The van der Waals surface area contributed by atoms with Crippen LogP contribution in [0.25, 0.3) is 11.1 Å². The first-order valence-corrected chi connectivity index (χ1v) is 17.9. The number of unbranched alkanes of at least 4 members (excludes halogenated alkanes) is 7. The number of hydrogen-bond donors (Lipinski definition) is 0. The van der Waals surface area contributed by atoms with E-state index < -0.39 is 13.1 Å². The maximum absolute atomic E-state index is 14.3. The van der Waals surface area contributed by atoms with Gasteiger partial charge in [0.25, 0.3) is 0 Å². The minimum absolute atomic E-state index is 0.384. The Morgan fingerprint density at radius 1 is 0.791 bits per heavy atom. The number of allylic oxidation sites excluding steroid dienone is 1. The summed E-state index contributed by atoms with van der Waals surface area (Å²) in [6, 6.07) is 18.4. The van der Waals surface area contributed by atoms with E-state index in [1.807, 2.05) is 49.4 Å². The minimum Gasteiger partial charge on any atom is -0.494 e. The molecule has 43 heavy (non-hydrogen) atoms. The highest BCUT2D eigenvalue weighted by Gasteiger charge is 2.38. The molecular weight excluding hydrogens is 555 g/mol. The molecule has 0 bridgehead atoms. The Kier molecular flexibility index (Phi) is 12.1. The lowest BCUT2D eigenvalue weighted by atomic mass is 10.0. The van der Waals surface area contributed by atoms with E-state index in [0.29, 0.717) is 36.6 Å². The Morgan fingerprint density at radius 2 is 1.40 bits per heavy atom. The molecule has 0 aromatic heterocycles. The fourth-order valence-electron chi connectivity index (χ4n) is 5.37. The quantitative estimate of drug-likeness (QED) is 0.0477. The van der Waals surface area contributed by atoms with Crippen LogP contribution in [-0.4, -0.2) is 25.3 Å². The van der Waals surface area contributed by atoms with E-state index in [2.05, 4.69) is 20.4 Å². The van der Waals surface area contributed by atoms with Crippen molar-refractivity contribution in [1.29, 1.82) is 0 Å². The van der Waals surface area contributed by atoms with Crippen LogP contribution in [-0.2, 0) is 4.57 Å². The zero-order valence-electron chi connectivity index (χ0n) is 26.1. The fourth-order valence-corrected chi connectivity index (χ4v) is 8.17. The van der Waals surface area contributed by atoms with Crippen LogP contribution in [0.4, 0.5) is 0 Å². The van der Waals surface area contributed by atoms with Crippen LogP contribution in [0.5, 0.6) is 17.2 Å². The number of carbonyl (C=O) groups excluding carboxylic acids is 1. The number of benzene rings is 3. The zero-order chi connectivity index (χ0) is 30.7. The van der Waals surface area contributed by atoms with Gasteiger partial charge in [-0.15, -0.1) is 6.58 Å². The minimum atomic E-state index is -2.90. The largest absolute Gasteiger partial charge is 0.494 e. The lowest BCUT2D eigenvalue weighted by molar-refractivity contribution is 0.0734. The maximum atomic E-state index is 14.3. The lowest BCUT2D eigenvalue weighted by Crippen LogP contribution is -2.16. The van der Waals surface area contributed by atoms with Crippen molar-refractivity contribution in [3.8, 4) is 28.4 Å². The third-order valence-corrected chi connectivity index (χ3v) is 11.5. The van der Waals surface area contributed by atoms with E-state index in [4.69, 9.17) is 14.2 Å². The van der Waals surface area contributed by atoms with Gasteiger partial charge in [-0.3, -0.25) is 0 Å². The second-order valence-electron chi connectivity index (χ2n) is 11.6. The molecule has 0 saturated heterocycles. The highest BCUT2D eigenvalue weighted by atomic mass is 31.2. The van der Waals surface area contributed by atoms with E-state index in [9.17, 15) is 9.36 Å². The predicted octanol–water partition coefficient (Wildman–Crippen LogP) is 9.33. The molecule has 2 atom stereocenters. The molecule has 4 rings (SSSR count). The summed E-state index contributed by atoms with van der Waals surface area (Å²) in [5.41, 5.74) is 2.25. The van der Waals surface area contributed by atoms with Crippen LogP contribution < -0.4 is 24.8 Å². The summed E-state index contributed by atoms with van der Waals surface area (Å²) in [6.45, 7) is 11.3. The van der Waals surface area contributed by atoms with Crippen LogP contribution in [0.2, 0.25) is 0 Å². The van der Waals surface area contributed by atoms with Gasteiger partial charge in [0.05, 0.1) is 18.8 Å². The smallest absolute Gasteiger partial charge is 0.343 e. The van der Waals surface area contributed by atoms with Crippen molar-refractivity contribution in [2.24, 2.45) is 5.92 Å². The Balaban J connectivity index is 1.31. The van der Waals surface area contributed by atoms with E-state index in [-0.39, 0.29) is 0 Å². The van der Waals surface area contributed by atoms with E-state index in [1.165, 1.54) is 38.5 Å². The molecule has 230 valence electrons. The summed E-state index contributed by atoms with van der Waals surface area (Å²) in [6.07, 6.45) is 13.2. The molecule has 1 aliphatic heterocycles. The Hall–Kier alpha value is -3.30. The monoisotopic (exact) mass is 602 g/mol. The van der Waals surface area contributed by atoms with Crippen molar-refractivity contribution in [2.45, 2.75) is 78.6 Å². The van der Waals surface area contributed by atoms with Crippen molar-refractivity contribution in [3.05, 3.63) is 78.9 Å². The van der Waals surface area contributed by atoms with Crippen molar-refractivity contribution in [2.75, 3.05) is 19.4 Å². The van der Waals surface area contributed by atoms with Crippen LogP contribution in [0.3, 0.4) is 0 Å². The van der Waals surface area contributed by atoms with E-state index in [1.54, 1.807) is 24.3 Å². The van der Waals surface area contributed by atoms with Crippen molar-refractivity contribution < 1.29 is 23.6 Å². The van der Waals surface area contributed by atoms with Crippen molar-refractivity contribution in [1.82, 2.24) is 0 Å². The second-order valence-corrected chi connectivity index (χ2v) is 14.6. The first kappa shape index (κ1) is 32.6. The topological polar surface area (TPSA) is 61.8 Å². The summed E-state index contributed by atoms with van der Waals surface area (Å²) < 4.78 is 31.9. The van der Waals surface area contributed by atoms with Gasteiger partial charge in [0, 0.05) is 16.8 Å². The molecule has 3 aromatic carbocycles. The summed E-state index contributed by atoms with van der Waals surface area (Å²) in [7, 11) is -2.90. The SMILES string of the molecule is C=CCCCCCCCCCOc1ccc(OC(=O)c2ccc3c(c2)[P@](=O)(CC)c2cc(OC[C@@H](C)CC)ccc2-3)cc1. The number of ether oxygens (including phenoxy) is 3. The number of rotatable bonds is 18. The Labute approximate surface area is 258 Å². The molecule has 3 aromatic rings. The molecule has 0 N–H and O–H groups in total. The molecule has 5 nitrogen and oxygen atoms in total. The van der Waals surface area contributed by atoms with Crippen LogP contribution in [0.1, 0.15) is 88.9 Å². The molecular formula is C37H47O5P. The molecule has 1 aliphatic rings. The molecule has 0 saturated carbocycles. The Bertz CT molecular complexity index is 1410. The average molecular weight is 603 g/mol. The number of carbonyl (C=O) groups is 1. The molecule has 6 heteroatoms. The van der Waals surface area contributed by atoms with Gasteiger partial charge in [0.2, 0.25) is 0 Å². The highest BCUT2D eigenvalue weighted by Crippen LogP contribution is 2.53. The van der Waals surface area contributed by atoms with Crippen LogP contribution >= 0.6 is 7.14 Å². The predicted molar refractivity (Wildman–Crippen MR) is 178 cm³/mol. The number of hydrogen-bond acceptors (Lipinski definition) is 5. The summed E-state index contributed by atoms with van der Waals surface area (Å²) in [5.74, 6) is 1.91. The molecule has 0 unspecified atom stereocenters. The lowest BCUT2D eigenvalue weighted by Gasteiger charge is -2.15. The molecule has 1 heterocycles. The van der Waals surface area contributed by atoms with Gasteiger partial charge >= 0.3 is 5.97 Å². The van der Waals surface area contributed by atoms with Gasteiger partial charge in [0.15, 0.2) is 0 Å². The van der Waals surface area contributed by atoms with Gasteiger partial charge < -0.3 is 18.8 Å². The fraction of sp³-hybridized carbons (Fsp3) is 0.432.